The lowest BCUT2D eigenvalue weighted by Gasteiger charge is -2.10. The molecule has 27 heavy (non-hydrogen) atoms. The molecule has 0 saturated carbocycles. The average Bonchev–Trinajstić information content (AvgIpc) is 3.33. The average molecular weight is 381 g/mol. The smallest absolute Gasteiger partial charge is 0.238 e. The fraction of sp³-hybridized carbons (Fsp3) is 0.118. The van der Waals surface area contributed by atoms with Crippen LogP contribution in [0.2, 0.25) is 0 Å². The molecule has 0 amide bonds. The highest BCUT2D eigenvalue weighted by atomic mass is 32.2. The highest BCUT2D eigenvalue weighted by molar-refractivity contribution is 7.89. The summed E-state index contributed by atoms with van der Waals surface area (Å²) >= 11 is 0. The zero-order valence-electron chi connectivity index (χ0n) is 14.1. The number of aliphatic imine (C=N–C) groups is 1. The standard InChI is InChI=1S/C17H15N7O2S/c18-27(25,26)15-3-1-2-14(16(15)17-20-11-21-23-17)13-8-22-24(10-13)9-12-4-6-19-7-5-12/h1-8,10H,9,11H2,(H2,18,25,26). The van der Waals surface area contributed by atoms with Gasteiger partial charge in [-0.3, -0.25) is 9.67 Å². The van der Waals surface area contributed by atoms with E-state index in [0.29, 0.717) is 17.7 Å². The van der Waals surface area contributed by atoms with Crippen LogP contribution >= 0.6 is 0 Å². The van der Waals surface area contributed by atoms with Crippen molar-refractivity contribution >= 4 is 15.9 Å². The van der Waals surface area contributed by atoms with Gasteiger partial charge in [0.15, 0.2) is 12.5 Å². The lowest BCUT2D eigenvalue weighted by molar-refractivity contribution is 0.597. The van der Waals surface area contributed by atoms with Crippen molar-refractivity contribution in [1.82, 2.24) is 14.8 Å². The van der Waals surface area contributed by atoms with Gasteiger partial charge in [0.05, 0.1) is 17.6 Å². The summed E-state index contributed by atoms with van der Waals surface area (Å²) in [6.45, 7) is 0.725. The molecule has 3 aromatic rings. The van der Waals surface area contributed by atoms with E-state index in [1.165, 1.54) is 6.07 Å². The van der Waals surface area contributed by atoms with E-state index in [0.717, 1.165) is 11.1 Å². The molecule has 0 spiro atoms. The number of pyridine rings is 1. The second-order valence-corrected chi connectivity index (χ2v) is 7.40. The monoisotopic (exact) mass is 381 g/mol. The number of azo groups is 1. The molecule has 1 aromatic carbocycles. The van der Waals surface area contributed by atoms with E-state index >= 15 is 0 Å². The van der Waals surface area contributed by atoms with Gasteiger partial charge in [0, 0.05) is 29.7 Å². The van der Waals surface area contributed by atoms with Crippen LogP contribution in [-0.4, -0.2) is 35.7 Å². The molecule has 136 valence electrons. The summed E-state index contributed by atoms with van der Waals surface area (Å²) in [6.07, 6.45) is 6.94. The van der Waals surface area contributed by atoms with Gasteiger partial charge < -0.3 is 0 Å². The van der Waals surface area contributed by atoms with Gasteiger partial charge in [0.25, 0.3) is 0 Å². The van der Waals surface area contributed by atoms with Gasteiger partial charge in [-0.2, -0.15) is 10.2 Å². The van der Waals surface area contributed by atoms with Gasteiger partial charge in [-0.25, -0.2) is 18.5 Å². The van der Waals surface area contributed by atoms with Crippen LogP contribution in [0.25, 0.3) is 11.1 Å². The minimum atomic E-state index is -3.96. The van der Waals surface area contributed by atoms with Crippen molar-refractivity contribution in [1.29, 1.82) is 0 Å². The summed E-state index contributed by atoms with van der Waals surface area (Å²) in [5.41, 5.74) is 2.74. The lowest BCUT2D eigenvalue weighted by Crippen LogP contribution is -2.17. The second kappa shape index (κ2) is 6.82. The number of benzene rings is 1. The van der Waals surface area contributed by atoms with Crippen molar-refractivity contribution in [2.45, 2.75) is 11.4 Å². The van der Waals surface area contributed by atoms with Gasteiger partial charge >= 0.3 is 0 Å². The van der Waals surface area contributed by atoms with Crippen molar-refractivity contribution in [2.75, 3.05) is 6.67 Å². The van der Waals surface area contributed by atoms with E-state index in [1.807, 2.05) is 18.3 Å². The number of aromatic nitrogens is 3. The molecule has 0 aliphatic carbocycles. The fourth-order valence-electron chi connectivity index (χ4n) is 2.86. The summed E-state index contributed by atoms with van der Waals surface area (Å²) in [6, 6.07) is 8.66. The van der Waals surface area contributed by atoms with Crippen LogP contribution < -0.4 is 5.14 Å². The Balaban J connectivity index is 1.79. The lowest BCUT2D eigenvalue weighted by atomic mass is 10.0. The maximum absolute atomic E-state index is 12.1. The Hall–Kier alpha value is -3.24. The molecule has 2 N–H and O–H groups in total. The first-order valence-electron chi connectivity index (χ1n) is 8.02. The van der Waals surface area contributed by atoms with Gasteiger partial charge in [-0.05, 0) is 29.3 Å². The Morgan fingerprint density at radius 3 is 2.67 bits per heavy atom. The van der Waals surface area contributed by atoms with Crippen molar-refractivity contribution in [3.8, 4) is 11.1 Å². The zero-order valence-corrected chi connectivity index (χ0v) is 14.9. The molecule has 0 bridgehead atoms. The fourth-order valence-corrected chi connectivity index (χ4v) is 3.62. The summed E-state index contributed by atoms with van der Waals surface area (Å²) in [5.74, 6) is 0.247. The summed E-state index contributed by atoms with van der Waals surface area (Å²) in [5, 5.41) is 17.5. The van der Waals surface area contributed by atoms with Crippen molar-refractivity contribution in [3.05, 3.63) is 66.2 Å². The van der Waals surface area contributed by atoms with Crippen molar-refractivity contribution in [2.24, 2.45) is 20.4 Å². The molecule has 2 aromatic heterocycles. The summed E-state index contributed by atoms with van der Waals surface area (Å²) < 4.78 is 25.9. The predicted molar refractivity (Wildman–Crippen MR) is 98.6 cm³/mol. The molecule has 0 atom stereocenters. The van der Waals surface area contributed by atoms with Crippen LogP contribution in [0.5, 0.6) is 0 Å². The third-order valence-electron chi connectivity index (χ3n) is 4.04. The third kappa shape index (κ3) is 3.52. The second-order valence-electron chi connectivity index (χ2n) is 5.87. The highest BCUT2D eigenvalue weighted by Crippen LogP contribution is 2.30. The summed E-state index contributed by atoms with van der Waals surface area (Å²) in [7, 11) is -3.96. The minimum Gasteiger partial charge on any atom is -0.268 e. The SMILES string of the molecule is NS(=O)(=O)c1cccc(-c2cnn(Cc3ccncc3)c2)c1C1=NCN=N1. The van der Waals surface area contributed by atoms with Gasteiger partial charge in [0.1, 0.15) is 0 Å². The van der Waals surface area contributed by atoms with Gasteiger partial charge in [-0.15, -0.1) is 5.11 Å². The molecule has 1 aliphatic rings. The molecule has 0 saturated heterocycles. The Bertz CT molecular complexity index is 1150. The van der Waals surface area contributed by atoms with Crippen LogP contribution in [0.3, 0.4) is 0 Å². The Morgan fingerprint density at radius 1 is 1.15 bits per heavy atom. The number of sulfonamides is 1. The number of nitrogens with zero attached hydrogens (tertiary/aromatic N) is 6. The summed E-state index contributed by atoms with van der Waals surface area (Å²) in [4.78, 5) is 8.13. The largest absolute Gasteiger partial charge is 0.268 e. The third-order valence-corrected chi connectivity index (χ3v) is 5.00. The molecule has 1 aliphatic heterocycles. The van der Waals surface area contributed by atoms with Gasteiger partial charge in [-0.1, -0.05) is 12.1 Å². The molecular formula is C17H15N7O2S. The Morgan fingerprint density at radius 2 is 1.96 bits per heavy atom. The number of hydrogen-bond acceptors (Lipinski definition) is 7. The zero-order chi connectivity index (χ0) is 18.9. The van der Waals surface area contributed by atoms with E-state index < -0.39 is 10.0 Å². The molecule has 9 nitrogen and oxygen atoms in total. The molecule has 4 rings (SSSR count). The minimum absolute atomic E-state index is 0.0403. The Kier molecular flexibility index (Phi) is 4.34. The first-order chi connectivity index (χ1) is 13.0. The topological polar surface area (TPSA) is 128 Å². The Labute approximate surface area is 155 Å². The van der Waals surface area contributed by atoms with Gasteiger partial charge in [0.2, 0.25) is 10.0 Å². The highest BCUT2D eigenvalue weighted by Gasteiger charge is 2.24. The molecule has 0 fully saturated rings. The van der Waals surface area contributed by atoms with Crippen molar-refractivity contribution in [3.63, 3.8) is 0 Å². The number of hydrogen-bond donors (Lipinski definition) is 1. The first kappa shape index (κ1) is 17.2. The van der Waals surface area contributed by atoms with Crippen LogP contribution in [0, 0.1) is 0 Å². The van der Waals surface area contributed by atoms with E-state index in [2.05, 4.69) is 25.3 Å². The van der Waals surface area contributed by atoms with E-state index in [-0.39, 0.29) is 17.4 Å². The van der Waals surface area contributed by atoms with Crippen LogP contribution in [0.1, 0.15) is 11.1 Å². The van der Waals surface area contributed by atoms with Crippen molar-refractivity contribution < 1.29 is 8.42 Å². The van der Waals surface area contributed by atoms with E-state index in [1.54, 1.807) is 35.4 Å². The number of amidine groups is 1. The quantitative estimate of drug-likeness (QED) is 0.722. The maximum atomic E-state index is 12.1. The number of rotatable bonds is 5. The number of primary sulfonamides is 1. The first-order valence-corrected chi connectivity index (χ1v) is 9.57. The number of nitrogens with two attached hydrogens (primary N) is 1. The van der Waals surface area contributed by atoms with E-state index in [9.17, 15) is 8.42 Å². The van der Waals surface area contributed by atoms with Crippen LogP contribution in [0.15, 0.2) is 75.2 Å². The molecule has 0 radical (unpaired) electrons. The molecule has 10 heteroatoms. The predicted octanol–water partition coefficient (Wildman–Crippen LogP) is 1.81. The molecule has 3 heterocycles. The van der Waals surface area contributed by atoms with Crippen LogP contribution in [-0.2, 0) is 16.6 Å². The normalized spacial score (nSPS) is 13.7. The molecular weight excluding hydrogens is 366 g/mol. The van der Waals surface area contributed by atoms with E-state index in [4.69, 9.17) is 5.14 Å². The molecule has 0 unspecified atom stereocenters. The maximum Gasteiger partial charge on any atom is 0.238 e. The van der Waals surface area contributed by atoms with Crippen LogP contribution in [0.4, 0.5) is 0 Å².